The van der Waals surface area contributed by atoms with E-state index in [2.05, 4.69) is 28.9 Å². The molecule has 2 aromatic rings. The highest BCUT2D eigenvalue weighted by Gasteiger charge is 2.54. The van der Waals surface area contributed by atoms with E-state index in [4.69, 9.17) is 4.74 Å². The van der Waals surface area contributed by atoms with Crippen LogP contribution in [0.2, 0.25) is 0 Å². The van der Waals surface area contributed by atoms with E-state index < -0.39 is 20.7 Å². The molecular weight excluding hydrogens is 476 g/mol. The summed E-state index contributed by atoms with van der Waals surface area (Å²) in [4.78, 5) is 20.1. The highest BCUT2D eigenvalue weighted by Crippen LogP contribution is 2.36. The molecule has 4 rings (SSSR count). The van der Waals surface area contributed by atoms with Crippen molar-refractivity contribution in [2.75, 3.05) is 44.3 Å². The number of piperazine rings is 1. The molecule has 2 fully saturated rings. The summed E-state index contributed by atoms with van der Waals surface area (Å²) in [6.45, 7) is 3.85. The number of benzene rings is 1. The number of carbonyl (C=O) groups is 1. The predicted molar refractivity (Wildman–Crippen MR) is 125 cm³/mol. The van der Waals surface area contributed by atoms with Crippen LogP contribution in [0, 0.1) is 6.92 Å². The number of hydroxylamine groups is 1. The first-order valence-corrected chi connectivity index (χ1v) is 12.4. The van der Waals surface area contributed by atoms with Crippen molar-refractivity contribution in [1.29, 1.82) is 0 Å². The van der Waals surface area contributed by atoms with Crippen molar-refractivity contribution in [3.63, 3.8) is 0 Å². The first-order chi connectivity index (χ1) is 14.9. The normalized spacial score (nSPS) is 19.2. The van der Waals surface area contributed by atoms with Crippen molar-refractivity contribution in [3.8, 4) is 10.4 Å². The Morgan fingerprint density at radius 1 is 1.19 bits per heavy atom. The van der Waals surface area contributed by atoms with E-state index in [0.717, 1.165) is 15.6 Å². The van der Waals surface area contributed by atoms with Crippen molar-refractivity contribution in [3.05, 3.63) is 36.0 Å². The summed E-state index contributed by atoms with van der Waals surface area (Å²) in [7, 11) is -3.97. The number of hydrogen-bond donors (Lipinski definition) is 2. The Labute approximate surface area is 197 Å². The van der Waals surface area contributed by atoms with Gasteiger partial charge in [0.05, 0.1) is 4.88 Å². The molecule has 9 nitrogen and oxygen atoms in total. The zero-order valence-electron chi connectivity index (χ0n) is 17.7. The Morgan fingerprint density at radius 2 is 1.84 bits per heavy atom. The molecule has 176 valence electrons. The summed E-state index contributed by atoms with van der Waals surface area (Å²) >= 11 is 1.58. The summed E-state index contributed by atoms with van der Waals surface area (Å²) in [6, 6.07) is 8.13. The summed E-state index contributed by atoms with van der Waals surface area (Å²) < 4.78 is 31.7. The number of ether oxygens (including phenoxy) is 1. The number of thiazole rings is 1. The van der Waals surface area contributed by atoms with E-state index in [1.54, 1.807) is 16.8 Å². The maximum Gasteiger partial charge on any atom is 0.266 e. The van der Waals surface area contributed by atoms with Crippen LogP contribution >= 0.6 is 23.7 Å². The lowest BCUT2D eigenvalue weighted by Crippen LogP contribution is -2.62. The fraction of sp³-hybridized carbons (Fsp3) is 0.500. The molecule has 0 spiro atoms. The molecule has 0 saturated carbocycles. The van der Waals surface area contributed by atoms with Gasteiger partial charge in [-0.25, -0.2) is 18.9 Å². The monoisotopic (exact) mass is 502 g/mol. The van der Waals surface area contributed by atoms with Gasteiger partial charge in [0, 0.05) is 58.4 Å². The average molecular weight is 503 g/mol. The fourth-order valence-corrected chi connectivity index (χ4v) is 7.32. The van der Waals surface area contributed by atoms with E-state index in [-0.39, 0.29) is 51.6 Å². The highest BCUT2D eigenvalue weighted by molar-refractivity contribution is 7.91. The molecule has 0 atom stereocenters. The lowest BCUT2D eigenvalue weighted by molar-refractivity contribution is -0.134. The van der Waals surface area contributed by atoms with Crippen LogP contribution in [0.1, 0.15) is 18.4 Å². The number of halogens is 1. The molecule has 1 aromatic carbocycles. The van der Waals surface area contributed by atoms with Gasteiger partial charge in [0.15, 0.2) is 9.88 Å². The summed E-state index contributed by atoms with van der Waals surface area (Å²) in [5.41, 5.74) is 3.88. The van der Waals surface area contributed by atoms with Crippen molar-refractivity contribution in [1.82, 2.24) is 14.8 Å². The lowest BCUT2D eigenvalue weighted by Gasteiger charge is -2.41. The minimum atomic E-state index is -3.97. The fourth-order valence-electron chi connectivity index (χ4n) is 4.16. The van der Waals surface area contributed by atoms with Crippen molar-refractivity contribution in [2.45, 2.75) is 24.5 Å². The molecule has 3 heterocycles. The van der Waals surface area contributed by atoms with E-state index in [1.165, 1.54) is 9.87 Å². The van der Waals surface area contributed by atoms with Gasteiger partial charge in [-0.2, -0.15) is 4.31 Å². The van der Waals surface area contributed by atoms with Crippen LogP contribution in [-0.2, 0) is 19.6 Å². The second-order valence-corrected chi connectivity index (χ2v) is 11.0. The largest absolute Gasteiger partial charge is 0.381 e. The maximum atomic E-state index is 13.4. The SMILES string of the molecule is Cc1ccccc1-c1cnc(N2CCN(S(=O)(=O)C3(C(=O)NO)CCOCC3)CC2)s1.Cl. The van der Waals surface area contributed by atoms with Gasteiger partial charge < -0.3 is 9.64 Å². The molecule has 32 heavy (non-hydrogen) atoms. The molecule has 2 N–H and O–H groups in total. The Balaban J connectivity index is 0.00000289. The zero-order valence-corrected chi connectivity index (χ0v) is 20.1. The molecule has 0 radical (unpaired) electrons. The number of nitrogens with zero attached hydrogens (tertiary/aromatic N) is 3. The van der Waals surface area contributed by atoms with Crippen LogP contribution in [0.5, 0.6) is 0 Å². The number of nitrogens with one attached hydrogen (secondary N) is 1. The summed E-state index contributed by atoms with van der Waals surface area (Å²) in [5.74, 6) is -0.888. The van der Waals surface area contributed by atoms with Crippen LogP contribution in [-0.4, -0.2) is 73.0 Å². The first kappa shape index (κ1) is 24.9. The van der Waals surface area contributed by atoms with Crippen LogP contribution in [0.4, 0.5) is 5.13 Å². The first-order valence-electron chi connectivity index (χ1n) is 10.2. The number of amides is 1. The third-order valence-corrected chi connectivity index (χ3v) is 9.78. The quantitative estimate of drug-likeness (QED) is 0.475. The van der Waals surface area contributed by atoms with Gasteiger partial charge in [0.25, 0.3) is 5.91 Å². The molecule has 2 aliphatic rings. The lowest BCUT2D eigenvalue weighted by atomic mass is 9.98. The number of aryl methyl sites for hydroxylation is 1. The number of carbonyl (C=O) groups excluding carboxylic acids is 1. The number of anilines is 1. The van der Waals surface area contributed by atoms with Gasteiger partial charge in [-0.3, -0.25) is 10.0 Å². The molecular formula is C20H27ClN4O5S2. The topological polar surface area (TPSA) is 112 Å². The Morgan fingerprint density at radius 3 is 2.47 bits per heavy atom. The number of sulfonamides is 1. The van der Waals surface area contributed by atoms with Gasteiger partial charge in [-0.1, -0.05) is 35.6 Å². The highest BCUT2D eigenvalue weighted by atomic mass is 35.5. The molecule has 0 unspecified atom stereocenters. The third kappa shape index (κ3) is 4.37. The van der Waals surface area contributed by atoms with Crippen LogP contribution < -0.4 is 10.4 Å². The summed E-state index contributed by atoms with van der Waals surface area (Å²) in [5, 5.41) is 10.0. The van der Waals surface area contributed by atoms with Crippen molar-refractivity contribution >= 4 is 44.8 Å². The van der Waals surface area contributed by atoms with Gasteiger partial charge >= 0.3 is 0 Å². The van der Waals surface area contributed by atoms with Crippen LogP contribution in [0.25, 0.3) is 10.4 Å². The van der Waals surface area contributed by atoms with E-state index in [9.17, 15) is 18.4 Å². The van der Waals surface area contributed by atoms with Gasteiger partial charge in [0.1, 0.15) is 0 Å². The Hall–Kier alpha value is -1.76. The molecule has 2 aliphatic heterocycles. The maximum absolute atomic E-state index is 13.4. The molecule has 1 aromatic heterocycles. The number of rotatable bonds is 5. The number of hydrogen-bond acceptors (Lipinski definition) is 8. The summed E-state index contributed by atoms with van der Waals surface area (Å²) in [6.07, 6.45) is 1.90. The van der Waals surface area contributed by atoms with Crippen molar-refractivity contribution in [2.24, 2.45) is 0 Å². The standard InChI is InChI=1S/C20H26N4O5S2.ClH/c1-15-4-2-3-5-16(15)17-14-21-19(30-17)23-8-10-24(11-9-23)31(27,28)20(18(25)22-26)6-12-29-13-7-20;/h2-5,14,26H,6-13H2,1H3,(H,22,25);1H. The van der Waals surface area contributed by atoms with Crippen LogP contribution in [0.15, 0.2) is 30.5 Å². The Bertz CT molecular complexity index is 1050. The average Bonchev–Trinajstić information content (AvgIpc) is 3.29. The van der Waals surface area contributed by atoms with Gasteiger partial charge in [-0.05, 0) is 18.1 Å². The van der Waals surface area contributed by atoms with Crippen molar-refractivity contribution < 1.29 is 23.2 Å². The third-order valence-electron chi connectivity index (χ3n) is 6.06. The Kier molecular flexibility index (Phi) is 7.79. The zero-order chi connectivity index (χ0) is 22.1. The van der Waals surface area contributed by atoms with E-state index >= 15 is 0 Å². The van der Waals surface area contributed by atoms with Gasteiger partial charge in [-0.15, -0.1) is 12.4 Å². The smallest absolute Gasteiger partial charge is 0.266 e. The van der Waals surface area contributed by atoms with E-state index in [0.29, 0.717) is 13.1 Å². The minimum Gasteiger partial charge on any atom is -0.381 e. The second-order valence-electron chi connectivity index (χ2n) is 7.76. The minimum absolute atomic E-state index is 0. The molecule has 2 saturated heterocycles. The molecule has 0 bridgehead atoms. The van der Waals surface area contributed by atoms with E-state index in [1.807, 2.05) is 18.3 Å². The number of aromatic nitrogens is 1. The van der Waals surface area contributed by atoms with Gasteiger partial charge in [0.2, 0.25) is 10.0 Å². The molecule has 12 heteroatoms. The molecule has 1 amide bonds. The molecule has 0 aliphatic carbocycles. The second kappa shape index (κ2) is 10.0. The van der Waals surface area contributed by atoms with Crippen LogP contribution in [0.3, 0.4) is 0 Å². The predicted octanol–water partition coefficient (Wildman–Crippen LogP) is 2.05.